The standard InChI is InChI=1S/C15H14F4N2/c1-10(9-11-4-6-12(16)7-5-11)21-14-13(15(17,18)19)3-2-8-20-14/h2-8,10H,9H2,1H3,(H,20,21). The van der Waals surface area contributed by atoms with E-state index in [-0.39, 0.29) is 17.7 Å². The van der Waals surface area contributed by atoms with E-state index >= 15 is 0 Å². The Labute approximate surface area is 119 Å². The molecule has 1 aromatic carbocycles. The quantitative estimate of drug-likeness (QED) is 0.852. The van der Waals surface area contributed by atoms with E-state index < -0.39 is 11.7 Å². The molecule has 1 heterocycles. The minimum atomic E-state index is -4.45. The molecule has 1 aromatic heterocycles. The number of benzene rings is 1. The lowest BCUT2D eigenvalue weighted by atomic mass is 10.1. The number of nitrogens with one attached hydrogen (secondary N) is 1. The fourth-order valence-corrected chi connectivity index (χ4v) is 2.01. The average Bonchev–Trinajstić information content (AvgIpc) is 2.41. The largest absolute Gasteiger partial charge is 0.419 e. The first-order chi connectivity index (χ1) is 9.86. The van der Waals surface area contributed by atoms with E-state index in [1.54, 1.807) is 19.1 Å². The highest BCUT2D eigenvalue weighted by Gasteiger charge is 2.34. The topological polar surface area (TPSA) is 24.9 Å². The van der Waals surface area contributed by atoms with Gasteiger partial charge in [0.2, 0.25) is 0 Å². The number of nitrogens with zero attached hydrogens (tertiary/aromatic N) is 1. The highest BCUT2D eigenvalue weighted by atomic mass is 19.4. The normalized spacial score (nSPS) is 13.0. The van der Waals surface area contributed by atoms with Gasteiger partial charge in [0.05, 0.1) is 5.56 Å². The van der Waals surface area contributed by atoms with Gasteiger partial charge in [-0.2, -0.15) is 13.2 Å². The maximum atomic E-state index is 12.8. The molecule has 2 nitrogen and oxygen atoms in total. The molecule has 0 spiro atoms. The maximum absolute atomic E-state index is 12.8. The number of anilines is 1. The Morgan fingerprint density at radius 1 is 1.14 bits per heavy atom. The van der Waals surface area contributed by atoms with Crippen LogP contribution in [0.15, 0.2) is 42.6 Å². The molecular formula is C15H14F4N2. The van der Waals surface area contributed by atoms with Crippen LogP contribution < -0.4 is 5.32 Å². The lowest BCUT2D eigenvalue weighted by molar-refractivity contribution is -0.137. The number of hydrogen-bond acceptors (Lipinski definition) is 2. The van der Waals surface area contributed by atoms with Crippen LogP contribution in [0.1, 0.15) is 18.1 Å². The Bertz CT molecular complexity index is 593. The molecule has 0 aliphatic rings. The molecule has 0 radical (unpaired) electrons. The highest BCUT2D eigenvalue weighted by Crippen LogP contribution is 2.33. The van der Waals surface area contributed by atoms with Crippen molar-refractivity contribution in [1.29, 1.82) is 0 Å². The molecule has 0 saturated carbocycles. The van der Waals surface area contributed by atoms with Crippen LogP contribution in [0.3, 0.4) is 0 Å². The van der Waals surface area contributed by atoms with Crippen LogP contribution in [0.25, 0.3) is 0 Å². The number of rotatable bonds is 4. The van der Waals surface area contributed by atoms with Crippen LogP contribution in [-0.2, 0) is 12.6 Å². The summed E-state index contributed by atoms with van der Waals surface area (Å²) >= 11 is 0. The number of aromatic nitrogens is 1. The van der Waals surface area contributed by atoms with Crippen molar-refractivity contribution in [3.05, 3.63) is 59.5 Å². The van der Waals surface area contributed by atoms with Crippen LogP contribution in [0.4, 0.5) is 23.4 Å². The SMILES string of the molecule is CC(Cc1ccc(F)cc1)Nc1ncccc1C(F)(F)F. The smallest absolute Gasteiger partial charge is 0.367 e. The monoisotopic (exact) mass is 298 g/mol. The first-order valence-corrected chi connectivity index (χ1v) is 6.39. The lowest BCUT2D eigenvalue weighted by Gasteiger charge is -2.18. The van der Waals surface area contributed by atoms with Crippen LogP contribution in [0.2, 0.25) is 0 Å². The van der Waals surface area contributed by atoms with Gasteiger partial charge in [-0.1, -0.05) is 12.1 Å². The second-order valence-electron chi connectivity index (χ2n) is 4.77. The number of hydrogen-bond donors (Lipinski definition) is 1. The molecule has 1 N–H and O–H groups in total. The molecule has 2 aromatic rings. The van der Waals surface area contributed by atoms with Crippen molar-refractivity contribution in [3.8, 4) is 0 Å². The van der Waals surface area contributed by atoms with E-state index in [4.69, 9.17) is 0 Å². The second kappa shape index (κ2) is 6.11. The lowest BCUT2D eigenvalue weighted by Crippen LogP contribution is -2.21. The van der Waals surface area contributed by atoms with Crippen molar-refractivity contribution >= 4 is 5.82 Å². The Hall–Kier alpha value is -2.11. The molecule has 0 amide bonds. The average molecular weight is 298 g/mol. The fraction of sp³-hybridized carbons (Fsp3) is 0.267. The van der Waals surface area contributed by atoms with E-state index in [2.05, 4.69) is 10.3 Å². The molecule has 6 heteroatoms. The fourth-order valence-electron chi connectivity index (χ4n) is 2.01. The molecular weight excluding hydrogens is 284 g/mol. The van der Waals surface area contributed by atoms with Gasteiger partial charge in [-0.25, -0.2) is 9.37 Å². The van der Waals surface area contributed by atoms with E-state index in [9.17, 15) is 17.6 Å². The molecule has 0 fully saturated rings. The zero-order valence-corrected chi connectivity index (χ0v) is 11.3. The van der Waals surface area contributed by atoms with Crippen LogP contribution >= 0.6 is 0 Å². The zero-order chi connectivity index (χ0) is 15.5. The molecule has 0 aliphatic carbocycles. The minimum absolute atomic E-state index is 0.195. The van der Waals surface area contributed by atoms with Crippen LogP contribution in [0, 0.1) is 5.82 Å². The van der Waals surface area contributed by atoms with Gasteiger partial charge < -0.3 is 5.32 Å². The number of alkyl halides is 3. The number of halogens is 4. The predicted octanol–water partition coefficient (Wildman–Crippen LogP) is 4.28. The Kier molecular flexibility index (Phi) is 4.45. The molecule has 2 rings (SSSR count). The Morgan fingerprint density at radius 2 is 1.81 bits per heavy atom. The van der Waals surface area contributed by atoms with E-state index in [0.717, 1.165) is 11.6 Å². The van der Waals surface area contributed by atoms with Gasteiger partial charge in [-0.05, 0) is 43.2 Å². The summed E-state index contributed by atoms with van der Waals surface area (Å²) in [7, 11) is 0. The highest BCUT2D eigenvalue weighted by molar-refractivity contribution is 5.46. The van der Waals surface area contributed by atoms with Gasteiger partial charge in [-0.3, -0.25) is 0 Å². The van der Waals surface area contributed by atoms with Crippen molar-refractivity contribution in [2.45, 2.75) is 25.6 Å². The molecule has 1 atom stereocenters. The van der Waals surface area contributed by atoms with Gasteiger partial charge in [-0.15, -0.1) is 0 Å². The van der Waals surface area contributed by atoms with Crippen molar-refractivity contribution in [3.63, 3.8) is 0 Å². The van der Waals surface area contributed by atoms with Crippen molar-refractivity contribution in [2.75, 3.05) is 5.32 Å². The van der Waals surface area contributed by atoms with Crippen LogP contribution in [0.5, 0.6) is 0 Å². The van der Waals surface area contributed by atoms with E-state index in [1.165, 1.54) is 24.4 Å². The third-order valence-corrected chi connectivity index (χ3v) is 2.95. The van der Waals surface area contributed by atoms with Crippen molar-refractivity contribution < 1.29 is 17.6 Å². The summed E-state index contributed by atoms with van der Waals surface area (Å²) in [5.74, 6) is -0.539. The zero-order valence-electron chi connectivity index (χ0n) is 11.3. The van der Waals surface area contributed by atoms with E-state index in [0.29, 0.717) is 6.42 Å². The van der Waals surface area contributed by atoms with Crippen molar-refractivity contribution in [2.24, 2.45) is 0 Å². The Morgan fingerprint density at radius 3 is 2.43 bits per heavy atom. The summed E-state index contributed by atoms with van der Waals surface area (Å²) in [5.41, 5.74) is 0.0387. The predicted molar refractivity (Wildman–Crippen MR) is 72.4 cm³/mol. The van der Waals surface area contributed by atoms with Gasteiger partial charge >= 0.3 is 6.18 Å². The molecule has 0 saturated heterocycles. The summed E-state index contributed by atoms with van der Waals surface area (Å²) < 4.78 is 51.3. The Balaban J connectivity index is 2.09. The summed E-state index contributed by atoms with van der Waals surface area (Å²) in [6.07, 6.45) is -2.68. The van der Waals surface area contributed by atoms with E-state index in [1.807, 2.05) is 0 Å². The third-order valence-electron chi connectivity index (χ3n) is 2.95. The second-order valence-corrected chi connectivity index (χ2v) is 4.77. The molecule has 112 valence electrons. The molecule has 0 aliphatic heterocycles. The minimum Gasteiger partial charge on any atom is -0.367 e. The summed E-state index contributed by atoms with van der Waals surface area (Å²) in [5, 5.41) is 2.76. The van der Waals surface area contributed by atoms with Gasteiger partial charge in [0.1, 0.15) is 11.6 Å². The van der Waals surface area contributed by atoms with Gasteiger partial charge in [0, 0.05) is 12.2 Å². The summed E-state index contributed by atoms with van der Waals surface area (Å²) in [6, 6.07) is 7.83. The summed E-state index contributed by atoms with van der Waals surface area (Å²) in [6.45, 7) is 1.75. The van der Waals surface area contributed by atoms with Gasteiger partial charge in [0.15, 0.2) is 0 Å². The molecule has 0 bridgehead atoms. The third kappa shape index (κ3) is 4.18. The molecule has 21 heavy (non-hydrogen) atoms. The van der Waals surface area contributed by atoms with Crippen molar-refractivity contribution in [1.82, 2.24) is 4.98 Å². The maximum Gasteiger partial charge on any atom is 0.419 e. The first-order valence-electron chi connectivity index (χ1n) is 6.39. The first kappa shape index (κ1) is 15.3. The molecule has 1 unspecified atom stereocenters. The number of pyridine rings is 1. The summed E-state index contributed by atoms with van der Waals surface area (Å²) in [4.78, 5) is 3.75. The van der Waals surface area contributed by atoms with Gasteiger partial charge in [0.25, 0.3) is 0 Å². The van der Waals surface area contributed by atoms with Crippen LogP contribution in [-0.4, -0.2) is 11.0 Å².